The molecular formula is C21H32N2O2. The van der Waals surface area contributed by atoms with Crippen molar-refractivity contribution in [2.24, 2.45) is 5.92 Å². The van der Waals surface area contributed by atoms with Gasteiger partial charge in [0.15, 0.2) is 5.43 Å². The Morgan fingerprint density at radius 3 is 2.44 bits per heavy atom. The van der Waals surface area contributed by atoms with Crippen LogP contribution in [-0.4, -0.2) is 29.6 Å². The van der Waals surface area contributed by atoms with Crippen LogP contribution in [0.3, 0.4) is 0 Å². The summed E-state index contributed by atoms with van der Waals surface area (Å²) in [7, 11) is 0. The van der Waals surface area contributed by atoms with E-state index >= 15 is 0 Å². The number of hydrogen-bond acceptors (Lipinski definition) is 3. The molecule has 1 N–H and O–H groups in total. The molecule has 0 aliphatic heterocycles. The Morgan fingerprint density at radius 2 is 1.84 bits per heavy atom. The first-order chi connectivity index (χ1) is 12.0. The molecule has 0 aliphatic carbocycles. The van der Waals surface area contributed by atoms with Crippen LogP contribution in [0.5, 0.6) is 5.75 Å². The standard InChI is InChI=1S/C21H32N2O2/c1-6-10-23(11-7-2)13-19-16(5)22-20-9-8-17(25-14-15(3)4)12-18(20)21(19)24/h8-9,12,15H,6-7,10-11,13-14H2,1-5H3,(H,22,24). The highest BCUT2D eigenvalue weighted by Gasteiger charge is 2.14. The molecule has 25 heavy (non-hydrogen) atoms. The average molecular weight is 344 g/mol. The molecule has 0 saturated carbocycles. The Morgan fingerprint density at radius 1 is 1.16 bits per heavy atom. The molecule has 4 heteroatoms. The highest BCUT2D eigenvalue weighted by molar-refractivity contribution is 5.81. The first-order valence-electron chi connectivity index (χ1n) is 9.46. The van der Waals surface area contributed by atoms with Crippen LogP contribution in [0, 0.1) is 12.8 Å². The van der Waals surface area contributed by atoms with Gasteiger partial charge in [-0.25, -0.2) is 0 Å². The summed E-state index contributed by atoms with van der Waals surface area (Å²) in [6.07, 6.45) is 2.19. The van der Waals surface area contributed by atoms with Gasteiger partial charge in [-0.15, -0.1) is 0 Å². The van der Waals surface area contributed by atoms with Gasteiger partial charge in [0.05, 0.1) is 6.61 Å². The molecule has 1 heterocycles. The van der Waals surface area contributed by atoms with Gasteiger partial charge >= 0.3 is 0 Å². The van der Waals surface area contributed by atoms with Crippen molar-refractivity contribution in [1.29, 1.82) is 0 Å². The van der Waals surface area contributed by atoms with E-state index in [1.807, 2.05) is 25.1 Å². The lowest BCUT2D eigenvalue weighted by atomic mass is 10.1. The van der Waals surface area contributed by atoms with Gasteiger partial charge in [0.1, 0.15) is 5.75 Å². The van der Waals surface area contributed by atoms with Gasteiger partial charge in [-0.1, -0.05) is 27.7 Å². The number of nitrogens with one attached hydrogen (secondary N) is 1. The predicted molar refractivity (Wildman–Crippen MR) is 105 cm³/mol. The molecule has 0 saturated heterocycles. The monoisotopic (exact) mass is 344 g/mol. The van der Waals surface area contributed by atoms with Gasteiger partial charge < -0.3 is 9.72 Å². The van der Waals surface area contributed by atoms with E-state index in [1.54, 1.807) is 0 Å². The first kappa shape index (κ1) is 19.5. The van der Waals surface area contributed by atoms with E-state index in [0.717, 1.165) is 53.8 Å². The lowest BCUT2D eigenvalue weighted by Crippen LogP contribution is -2.29. The first-order valence-corrected chi connectivity index (χ1v) is 9.46. The van der Waals surface area contributed by atoms with Crippen molar-refractivity contribution in [1.82, 2.24) is 9.88 Å². The van der Waals surface area contributed by atoms with Crippen molar-refractivity contribution in [3.8, 4) is 5.75 Å². The van der Waals surface area contributed by atoms with Crippen LogP contribution >= 0.6 is 0 Å². The van der Waals surface area contributed by atoms with Gasteiger partial charge in [-0.3, -0.25) is 9.69 Å². The second-order valence-electron chi connectivity index (χ2n) is 7.25. The Bertz CT molecular complexity index is 743. The second kappa shape index (κ2) is 9.04. The molecule has 0 aliphatic rings. The second-order valence-corrected chi connectivity index (χ2v) is 7.25. The van der Waals surface area contributed by atoms with Crippen LogP contribution in [0.1, 0.15) is 51.8 Å². The fourth-order valence-electron chi connectivity index (χ4n) is 3.10. The number of pyridine rings is 1. The molecule has 0 atom stereocenters. The third kappa shape index (κ3) is 5.08. The van der Waals surface area contributed by atoms with Crippen molar-refractivity contribution in [2.45, 2.75) is 54.0 Å². The molecule has 1 aromatic carbocycles. The van der Waals surface area contributed by atoms with E-state index in [0.29, 0.717) is 19.1 Å². The molecule has 0 radical (unpaired) electrons. The number of nitrogens with zero attached hydrogens (tertiary/aromatic N) is 1. The lowest BCUT2D eigenvalue weighted by Gasteiger charge is -2.22. The number of aryl methyl sites for hydroxylation is 1. The van der Waals surface area contributed by atoms with Crippen molar-refractivity contribution in [3.05, 3.63) is 39.7 Å². The fourth-order valence-corrected chi connectivity index (χ4v) is 3.10. The summed E-state index contributed by atoms with van der Waals surface area (Å²) in [5.74, 6) is 1.22. The highest BCUT2D eigenvalue weighted by atomic mass is 16.5. The van der Waals surface area contributed by atoms with Crippen molar-refractivity contribution in [3.63, 3.8) is 0 Å². The maximum atomic E-state index is 13.1. The smallest absolute Gasteiger partial charge is 0.194 e. The SMILES string of the molecule is CCCN(CCC)Cc1c(C)[nH]c2ccc(OCC(C)C)cc2c1=O. The van der Waals surface area contributed by atoms with Crippen LogP contribution in [-0.2, 0) is 6.54 Å². The van der Waals surface area contributed by atoms with Crippen LogP contribution in [0.4, 0.5) is 0 Å². The van der Waals surface area contributed by atoms with E-state index in [9.17, 15) is 4.79 Å². The van der Waals surface area contributed by atoms with E-state index < -0.39 is 0 Å². The number of aromatic nitrogens is 1. The number of rotatable bonds is 9. The Labute approximate surface area is 151 Å². The van der Waals surface area contributed by atoms with Crippen LogP contribution in [0.2, 0.25) is 0 Å². The largest absolute Gasteiger partial charge is 0.493 e. The molecule has 138 valence electrons. The number of hydrogen-bond donors (Lipinski definition) is 1. The molecule has 2 rings (SSSR count). The molecular weight excluding hydrogens is 312 g/mol. The molecule has 1 aromatic heterocycles. The summed E-state index contributed by atoms with van der Waals surface area (Å²) in [5.41, 5.74) is 2.83. The number of fused-ring (bicyclic) bond motifs is 1. The number of H-pyrrole nitrogens is 1. The predicted octanol–water partition coefficient (Wildman–Crippen LogP) is 4.49. The van der Waals surface area contributed by atoms with E-state index in [1.165, 1.54) is 0 Å². The normalized spacial score (nSPS) is 11.6. The van der Waals surface area contributed by atoms with Gasteiger partial charge in [-0.05, 0) is 57.0 Å². The van der Waals surface area contributed by atoms with Gasteiger partial charge in [-0.2, -0.15) is 0 Å². The maximum Gasteiger partial charge on any atom is 0.194 e. The van der Waals surface area contributed by atoms with Crippen molar-refractivity contribution in [2.75, 3.05) is 19.7 Å². The van der Waals surface area contributed by atoms with Gasteiger partial charge in [0.2, 0.25) is 0 Å². The number of benzene rings is 1. The minimum atomic E-state index is 0.124. The fraction of sp³-hybridized carbons (Fsp3) is 0.571. The zero-order valence-corrected chi connectivity index (χ0v) is 16.3. The molecule has 0 spiro atoms. The molecule has 0 amide bonds. The quantitative estimate of drug-likeness (QED) is 0.729. The van der Waals surface area contributed by atoms with E-state index in [2.05, 4.69) is 37.6 Å². The molecule has 2 aromatic rings. The minimum Gasteiger partial charge on any atom is -0.493 e. The molecule has 4 nitrogen and oxygen atoms in total. The Kier molecular flexibility index (Phi) is 7.06. The van der Waals surface area contributed by atoms with Crippen LogP contribution in [0.15, 0.2) is 23.0 Å². The number of aromatic amines is 1. The minimum absolute atomic E-state index is 0.124. The summed E-state index contributed by atoms with van der Waals surface area (Å²) in [6, 6.07) is 5.75. The lowest BCUT2D eigenvalue weighted by molar-refractivity contribution is 0.265. The third-order valence-corrected chi connectivity index (χ3v) is 4.33. The molecule has 0 unspecified atom stereocenters. The summed E-state index contributed by atoms with van der Waals surface area (Å²) < 4.78 is 5.80. The van der Waals surface area contributed by atoms with E-state index in [-0.39, 0.29) is 5.43 Å². The third-order valence-electron chi connectivity index (χ3n) is 4.33. The topological polar surface area (TPSA) is 45.3 Å². The molecule has 0 fully saturated rings. The zero-order valence-electron chi connectivity index (χ0n) is 16.3. The number of ether oxygens (including phenoxy) is 1. The van der Waals surface area contributed by atoms with Crippen LogP contribution in [0.25, 0.3) is 10.9 Å². The van der Waals surface area contributed by atoms with Crippen LogP contribution < -0.4 is 10.2 Å². The zero-order chi connectivity index (χ0) is 18.4. The van der Waals surface area contributed by atoms with Crippen molar-refractivity contribution < 1.29 is 4.74 Å². The highest BCUT2D eigenvalue weighted by Crippen LogP contribution is 2.20. The van der Waals surface area contributed by atoms with Gasteiger partial charge in [0, 0.05) is 28.7 Å². The Hall–Kier alpha value is -1.81. The summed E-state index contributed by atoms with van der Waals surface area (Å²) in [6.45, 7) is 14.0. The maximum absolute atomic E-state index is 13.1. The summed E-state index contributed by atoms with van der Waals surface area (Å²) in [5, 5.41) is 0.717. The average Bonchev–Trinajstić information content (AvgIpc) is 2.57. The Balaban J connectivity index is 2.38. The summed E-state index contributed by atoms with van der Waals surface area (Å²) >= 11 is 0. The molecule has 0 bridgehead atoms. The van der Waals surface area contributed by atoms with Gasteiger partial charge in [0.25, 0.3) is 0 Å². The van der Waals surface area contributed by atoms with E-state index in [4.69, 9.17) is 4.74 Å². The summed E-state index contributed by atoms with van der Waals surface area (Å²) in [4.78, 5) is 18.8. The van der Waals surface area contributed by atoms with Crippen molar-refractivity contribution >= 4 is 10.9 Å².